The Kier molecular flexibility index (Phi) is 7.81. The third kappa shape index (κ3) is 6.45. The molecule has 196 valence electrons. The molecular formula is C24H28ClN7O4S. The molecule has 0 bridgehead atoms. The Morgan fingerprint density at radius 2 is 2.03 bits per heavy atom. The number of aryl methyl sites for hydroxylation is 2. The van der Waals surface area contributed by atoms with Crippen molar-refractivity contribution in [2.45, 2.75) is 49.6 Å². The van der Waals surface area contributed by atoms with Gasteiger partial charge in [0.1, 0.15) is 5.02 Å². The minimum absolute atomic E-state index is 0.0153. The Morgan fingerprint density at radius 3 is 2.70 bits per heavy atom. The van der Waals surface area contributed by atoms with Crippen molar-refractivity contribution in [1.29, 1.82) is 0 Å². The Hall–Kier alpha value is -3.48. The van der Waals surface area contributed by atoms with Crippen LogP contribution in [-0.2, 0) is 22.0 Å². The van der Waals surface area contributed by atoms with Gasteiger partial charge in [-0.1, -0.05) is 24.2 Å². The van der Waals surface area contributed by atoms with Gasteiger partial charge in [0.05, 0.1) is 22.5 Å². The predicted octanol–water partition coefficient (Wildman–Crippen LogP) is 3.85. The lowest BCUT2D eigenvalue weighted by molar-refractivity contribution is -0.117. The number of amides is 1. The number of anilines is 3. The molecular weight excluding hydrogens is 518 g/mol. The topological polar surface area (TPSA) is 151 Å². The van der Waals surface area contributed by atoms with Crippen molar-refractivity contribution in [2.24, 2.45) is 7.05 Å². The van der Waals surface area contributed by atoms with Crippen LogP contribution in [-0.4, -0.2) is 50.7 Å². The Labute approximate surface area is 220 Å². The van der Waals surface area contributed by atoms with Crippen molar-refractivity contribution >= 4 is 45.1 Å². The summed E-state index contributed by atoms with van der Waals surface area (Å²) in [6.45, 7) is 5.30. The number of carbonyl (C=O) groups is 1. The van der Waals surface area contributed by atoms with E-state index < -0.39 is 10.1 Å². The van der Waals surface area contributed by atoms with E-state index in [1.54, 1.807) is 37.1 Å². The van der Waals surface area contributed by atoms with Crippen LogP contribution in [0.4, 0.5) is 17.5 Å². The van der Waals surface area contributed by atoms with Crippen LogP contribution in [0.2, 0.25) is 5.02 Å². The van der Waals surface area contributed by atoms with Crippen molar-refractivity contribution in [3.63, 3.8) is 0 Å². The molecule has 1 aliphatic carbocycles. The van der Waals surface area contributed by atoms with Crippen LogP contribution < -0.4 is 16.0 Å². The van der Waals surface area contributed by atoms with Crippen molar-refractivity contribution in [2.75, 3.05) is 10.6 Å². The summed E-state index contributed by atoms with van der Waals surface area (Å²) in [5.41, 5.74) is 2.08. The van der Waals surface area contributed by atoms with Gasteiger partial charge < -0.3 is 16.0 Å². The van der Waals surface area contributed by atoms with Crippen LogP contribution in [0, 0.1) is 6.92 Å². The maximum Gasteiger partial charge on any atom is 0.294 e. The number of nitrogens with one attached hydrogen (secondary N) is 3. The highest BCUT2D eigenvalue weighted by Gasteiger charge is 2.26. The summed E-state index contributed by atoms with van der Waals surface area (Å²) in [5.74, 6) is 0.361. The highest BCUT2D eigenvalue weighted by molar-refractivity contribution is 7.85. The van der Waals surface area contributed by atoms with Crippen LogP contribution in [0.25, 0.3) is 11.3 Å². The second-order valence-electron chi connectivity index (χ2n) is 8.96. The normalized spacial score (nSPS) is 17.7. The first kappa shape index (κ1) is 26.6. The average Bonchev–Trinajstić information content (AvgIpc) is 3.25. The lowest BCUT2D eigenvalue weighted by Crippen LogP contribution is -2.41. The van der Waals surface area contributed by atoms with E-state index in [2.05, 4.69) is 37.6 Å². The van der Waals surface area contributed by atoms with Crippen LogP contribution in [0.3, 0.4) is 0 Å². The van der Waals surface area contributed by atoms with E-state index in [0.29, 0.717) is 34.7 Å². The molecule has 4 rings (SSSR count). The third-order valence-corrected chi connectivity index (χ3v) is 7.33. The van der Waals surface area contributed by atoms with Gasteiger partial charge in [0.25, 0.3) is 10.1 Å². The second kappa shape index (κ2) is 10.9. The van der Waals surface area contributed by atoms with Gasteiger partial charge in [0, 0.05) is 30.9 Å². The summed E-state index contributed by atoms with van der Waals surface area (Å²) in [4.78, 5) is 20.7. The summed E-state index contributed by atoms with van der Waals surface area (Å²) < 4.78 is 34.8. The number of aromatic nitrogens is 4. The zero-order valence-electron chi connectivity index (χ0n) is 20.4. The van der Waals surface area contributed by atoms with Gasteiger partial charge >= 0.3 is 0 Å². The molecule has 11 nitrogen and oxygen atoms in total. The molecule has 3 aromatic rings. The first-order valence-electron chi connectivity index (χ1n) is 11.6. The van der Waals surface area contributed by atoms with E-state index in [4.69, 9.17) is 11.6 Å². The van der Waals surface area contributed by atoms with Gasteiger partial charge in [-0.2, -0.15) is 18.5 Å². The summed E-state index contributed by atoms with van der Waals surface area (Å²) in [7, 11) is -2.66. The largest absolute Gasteiger partial charge is 0.366 e. The van der Waals surface area contributed by atoms with Gasteiger partial charge in [-0.05, 0) is 56.4 Å². The molecule has 37 heavy (non-hydrogen) atoms. The molecule has 0 radical (unpaired) electrons. The minimum atomic E-state index is -4.44. The molecule has 0 aliphatic heterocycles. The van der Waals surface area contributed by atoms with Gasteiger partial charge in [-0.25, -0.2) is 4.98 Å². The number of hydrogen-bond acceptors (Lipinski definition) is 8. The molecule has 0 saturated heterocycles. The number of benzene rings is 1. The number of halogens is 1. The number of carbonyl (C=O) groups excluding carboxylic acids is 1. The molecule has 1 amide bonds. The first-order chi connectivity index (χ1) is 17.5. The molecule has 2 aromatic heterocycles. The molecule has 2 atom stereocenters. The average molecular weight is 546 g/mol. The van der Waals surface area contributed by atoms with Crippen LogP contribution >= 0.6 is 11.6 Å². The zero-order valence-corrected chi connectivity index (χ0v) is 22.0. The van der Waals surface area contributed by atoms with E-state index in [0.717, 1.165) is 19.3 Å². The molecule has 0 spiro atoms. The summed E-state index contributed by atoms with van der Waals surface area (Å²) in [6.07, 6.45) is 7.88. The summed E-state index contributed by atoms with van der Waals surface area (Å²) in [6, 6.07) is 4.18. The molecule has 13 heteroatoms. The van der Waals surface area contributed by atoms with E-state index in [-0.39, 0.29) is 33.9 Å². The standard InChI is InChI=1S/C24H28ClN7O4S/c1-4-20(33)27-15-6-5-7-16(10-15)28-23-21(25)22(19-11-18(37(34,35)36)9-8-14(19)2)30-24(31-23)29-17-12-26-32(3)13-17/h4,8-9,11-13,15-16H,1,5-7,10H2,2-3H3,(H,27,33)(H,34,35,36)(H2,28,29,30,31). The molecule has 1 aromatic carbocycles. The summed E-state index contributed by atoms with van der Waals surface area (Å²) >= 11 is 6.80. The van der Waals surface area contributed by atoms with Crippen LogP contribution in [0.5, 0.6) is 0 Å². The Balaban J connectivity index is 1.73. The van der Waals surface area contributed by atoms with E-state index in [1.807, 2.05) is 0 Å². The van der Waals surface area contributed by atoms with Crippen molar-refractivity contribution in [1.82, 2.24) is 25.1 Å². The third-order valence-electron chi connectivity index (χ3n) is 6.12. The van der Waals surface area contributed by atoms with Crippen molar-refractivity contribution in [3.8, 4) is 11.3 Å². The van der Waals surface area contributed by atoms with E-state index in [9.17, 15) is 17.8 Å². The van der Waals surface area contributed by atoms with Gasteiger partial charge in [-0.15, -0.1) is 0 Å². The van der Waals surface area contributed by atoms with Gasteiger partial charge in [-0.3, -0.25) is 14.0 Å². The Bertz CT molecular complexity index is 1440. The highest BCUT2D eigenvalue weighted by atomic mass is 35.5. The Morgan fingerprint density at radius 1 is 1.27 bits per heavy atom. The van der Waals surface area contributed by atoms with Crippen LogP contribution in [0.1, 0.15) is 31.2 Å². The minimum Gasteiger partial charge on any atom is -0.366 e. The maximum atomic E-state index is 11.8. The van der Waals surface area contributed by atoms with Gasteiger partial charge in [0.15, 0.2) is 5.82 Å². The quantitative estimate of drug-likeness (QED) is 0.244. The molecule has 1 saturated carbocycles. The fraction of sp³-hybridized carbons (Fsp3) is 0.333. The molecule has 2 unspecified atom stereocenters. The SMILES string of the molecule is C=CC(=O)NC1CCCC(Nc2nc(Nc3cnn(C)c3)nc(-c3cc(S(=O)(=O)O)ccc3C)c2Cl)C1. The predicted molar refractivity (Wildman–Crippen MR) is 142 cm³/mol. The fourth-order valence-corrected chi connectivity index (χ4v) is 5.06. The summed E-state index contributed by atoms with van der Waals surface area (Å²) in [5, 5.41) is 13.8. The monoisotopic (exact) mass is 545 g/mol. The maximum absolute atomic E-state index is 11.8. The van der Waals surface area contributed by atoms with E-state index >= 15 is 0 Å². The zero-order chi connectivity index (χ0) is 26.7. The molecule has 2 heterocycles. The fourth-order valence-electron chi connectivity index (χ4n) is 4.31. The van der Waals surface area contributed by atoms with Gasteiger partial charge in [0.2, 0.25) is 11.9 Å². The molecule has 1 fully saturated rings. The highest BCUT2D eigenvalue weighted by Crippen LogP contribution is 2.37. The number of nitrogens with zero attached hydrogens (tertiary/aromatic N) is 4. The van der Waals surface area contributed by atoms with E-state index in [1.165, 1.54) is 18.2 Å². The smallest absolute Gasteiger partial charge is 0.294 e. The number of rotatable bonds is 8. The second-order valence-corrected chi connectivity index (χ2v) is 10.8. The molecule has 4 N–H and O–H groups in total. The van der Waals surface area contributed by atoms with Crippen LogP contribution in [0.15, 0.2) is 48.1 Å². The lowest BCUT2D eigenvalue weighted by Gasteiger charge is -2.30. The number of hydrogen-bond donors (Lipinski definition) is 4. The molecule has 1 aliphatic rings. The lowest BCUT2D eigenvalue weighted by atomic mass is 9.91. The van der Waals surface area contributed by atoms with Crippen molar-refractivity contribution in [3.05, 3.63) is 53.8 Å². The first-order valence-corrected chi connectivity index (χ1v) is 13.5. The van der Waals surface area contributed by atoms with Crippen molar-refractivity contribution < 1.29 is 17.8 Å².